The molecule has 0 aliphatic carbocycles. The minimum atomic E-state index is 0.0908. The molecule has 1 fully saturated rings. The van der Waals surface area contributed by atoms with Crippen LogP contribution >= 0.6 is 0 Å². The Morgan fingerprint density at radius 3 is 2.68 bits per heavy atom. The zero-order valence-corrected chi connectivity index (χ0v) is 14.8. The van der Waals surface area contributed by atoms with Crippen molar-refractivity contribution < 1.29 is 9.84 Å². The van der Waals surface area contributed by atoms with Crippen molar-refractivity contribution in [3.05, 3.63) is 59.7 Å². The lowest BCUT2D eigenvalue weighted by molar-refractivity contribution is 0.00760. The first-order valence-electron chi connectivity index (χ1n) is 9.23. The first kappa shape index (κ1) is 16.4. The lowest BCUT2D eigenvalue weighted by atomic mass is 9.91. The van der Waals surface area contributed by atoms with E-state index in [0.29, 0.717) is 5.75 Å². The summed E-state index contributed by atoms with van der Waals surface area (Å²) < 4.78 is 6.29. The van der Waals surface area contributed by atoms with Crippen molar-refractivity contribution in [2.75, 3.05) is 37.7 Å². The van der Waals surface area contributed by atoms with Crippen molar-refractivity contribution in [3.63, 3.8) is 0 Å². The molecule has 2 heterocycles. The maximum atomic E-state index is 9.63. The third kappa shape index (κ3) is 3.24. The molecule has 2 atom stereocenters. The van der Waals surface area contributed by atoms with Gasteiger partial charge in [0.2, 0.25) is 0 Å². The normalized spacial score (nSPS) is 24.1. The number of anilines is 1. The zero-order chi connectivity index (χ0) is 17.2. The van der Waals surface area contributed by atoms with Gasteiger partial charge in [-0.15, -0.1) is 0 Å². The average Bonchev–Trinajstić information content (AvgIpc) is 2.68. The number of fused-ring (bicyclic) bond motifs is 1. The molecule has 0 bridgehead atoms. The van der Waals surface area contributed by atoms with E-state index in [0.717, 1.165) is 44.9 Å². The van der Waals surface area contributed by atoms with Gasteiger partial charge in [-0.3, -0.25) is 4.90 Å². The van der Waals surface area contributed by atoms with Gasteiger partial charge in [-0.1, -0.05) is 31.2 Å². The first-order valence-corrected chi connectivity index (χ1v) is 9.23. The minimum absolute atomic E-state index is 0.0908. The van der Waals surface area contributed by atoms with Gasteiger partial charge in [0.15, 0.2) is 0 Å². The van der Waals surface area contributed by atoms with Gasteiger partial charge in [-0.2, -0.15) is 0 Å². The molecule has 2 aromatic carbocycles. The maximum Gasteiger partial charge on any atom is 0.115 e. The summed E-state index contributed by atoms with van der Waals surface area (Å²) in [6.45, 7) is 7.11. The molecule has 4 nitrogen and oxygen atoms in total. The van der Waals surface area contributed by atoms with E-state index in [1.54, 1.807) is 12.1 Å². The van der Waals surface area contributed by atoms with Crippen LogP contribution in [0.15, 0.2) is 48.5 Å². The van der Waals surface area contributed by atoms with Crippen molar-refractivity contribution in [2.24, 2.45) is 0 Å². The smallest absolute Gasteiger partial charge is 0.115 e. The van der Waals surface area contributed by atoms with Gasteiger partial charge in [0.05, 0.1) is 12.6 Å². The number of phenolic OH excluding ortho intramolecular Hbond substituents is 1. The maximum absolute atomic E-state index is 9.63. The summed E-state index contributed by atoms with van der Waals surface area (Å²) >= 11 is 0. The predicted octanol–water partition coefficient (Wildman–Crippen LogP) is 3.22. The number of nitrogens with zero attached hydrogens (tertiary/aromatic N) is 2. The molecule has 0 aromatic heterocycles. The van der Waals surface area contributed by atoms with Crippen molar-refractivity contribution in [3.8, 4) is 5.75 Å². The van der Waals surface area contributed by atoms with Crippen LogP contribution in [0.4, 0.5) is 5.69 Å². The molecule has 0 amide bonds. The highest BCUT2D eigenvalue weighted by molar-refractivity contribution is 5.51. The molecular weight excluding hydrogens is 312 g/mol. The van der Waals surface area contributed by atoms with Crippen LogP contribution in [0.25, 0.3) is 0 Å². The topological polar surface area (TPSA) is 35.9 Å². The molecule has 1 saturated heterocycles. The summed E-state index contributed by atoms with van der Waals surface area (Å²) in [6.07, 6.45) is 1.09. The number of likely N-dealkylation sites (N-methyl/N-ethyl adjacent to an activating group) is 1. The van der Waals surface area contributed by atoms with Gasteiger partial charge in [-0.25, -0.2) is 0 Å². The third-order valence-corrected chi connectivity index (χ3v) is 5.51. The van der Waals surface area contributed by atoms with E-state index >= 15 is 0 Å². The number of phenols is 1. The molecule has 2 aromatic rings. The quantitative estimate of drug-likeness (QED) is 0.932. The zero-order valence-electron chi connectivity index (χ0n) is 14.8. The number of benzene rings is 2. The second kappa shape index (κ2) is 7.06. The van der Waals surface area contributed by atoms with Crippen LogP contribution in [-0.2, 0) is 11.2 Å². The van der Waals surface area contributed by atoms with Crippen molar-refractivity contribution in [1.29, 1.82) is 0 Å². The van der Waals surface area contributed by atoms with E-state index in [4.69, 9.17) is 4.74 Å². The van der Waals surface area contributed by atoms with Crippen LogP contribution in [0, 0.1) is 0 Å². The lowest BCUT2D eigenvalue weighted by Crippen LogP contribution is -2.56. The summed E-state index contributed by atoms with van der Waals surface area (Å²) in [6, 6.07) is 16.5. The number of piperazine rings is 1. The van der Waals surface area contributed by atoms with Crippen molar-refractivity contribution >= 4 is 5.69 Å². The van der Waals surface area contributed by atoms with E-state index in [2.05, 4.69) is 41.0 Å². The van der Waals surface area contributed by atoms with Gasteiger partial charge in [0.25, 0.3) is 0 Å². The molecule has 2 aliphatic rings. The third-order valence-electron chi connectivity index (χ3n) is 5.51. The molecule has 0 spiro atoms. The van der Waals surface area contributed by atoms with Gasteiger partial charge in [0, 0.05) is 25.3 Å². The molecular formula is C21H26N2O2. The van der Waals surface area contributed by atoms with Crippen LogP contribution in [-0.4, -0.2) is 48.8 Å². The van der Waals surface area contributed by atoms with Crippen LogP contribution < -0.4 is 4.90 Å². The summed E-state index contributed by atoms with van der Waals surface area (Å²) in [5, 5.41) is 9.63. The highest BCUT2D eigenvalue weighted by atomic mass is 16.5. The fraction of sp³-hybridized carbons (Fsp3) is 0.429. The fourth-order valence-corrected chi connectivity index (χ4v) is 4.12. The fourth-order valence-electron chi connectivity index (χ4n) is 4.12. The van der Waals surface area contributed by atoms with E-state index in [1.807, 2.05) is 12.1 Å². The highest BCUT2D eigenvalue weighted by Crippen LogP contribution is 2.36. The van der Waals surface area contributed by atoms with Gasteiger partial charge in [0.1, 0.15) is 11.9 Å². The molecule has 132 valence electrons. The average molecular weight is 338 g/mol. The summed E-state index contributed by atoms with van der Waals surface area (Å²) in [5.74, 6) is 0.312. The van der Waals surface area contributed by atoms with E-state index < -0.39 is 0 Å². The van der Waals surface area contributed by atoms with Crippen LogP contribution in [0.3, 0.4) is 0 Å². The Bertz CT molecular complexity index is 716. The Hall–Kier alpha value is -2.04. The van der Waals surface area contributed by atoms with Gasteiger partial charge < -0.3 is 14.7 Å². The predicted molar refractivity (Wildman–Crippen MR) is 100 cm³/mol. The van der Waals surface area contributed by atoms with Crippen molar-refractivity contribution in [1.82, 2.24) is 4.90 Å². The largest absolute Gasteiger partial charge is 0.508 e. The van der Waals surface area contributed by atoms with E-state index in [-0.39, 0.29) is 12.1 Å². The van der Waals surface area contributed by atoms with Crippen LogP contribution in [0.2, 0.25) is 0 Å². The van der Waals surface area contributed by atoms with Gasteiger partial charge in [-0.05, 0) is 48.4 Å². The molecule has 4 heteroatoms. The SMILES string of the molecule is CCN1CCN(c2ccc(O)cc2)C(C2OCCc3ccccc32)C1. The number of ether oxygens (including phenoxy) is 1. The van der Waals surface area contributed by atoms with Crippen LogP contribution in [0.5, 0.6) is 5.75 Å². The second-order valence-corrected chi connectivity index (χ2v) is 6.91. The van der Waals surface area contributed by atoms with E-state index in [9.17, 15) is 5.11 Å². The number of aromatic hydroxyl groups is 1. The van der Waals surface area contributed by atoms with Crippen molar-refractivity contribution in [2.45, 2.75) is 25.5 Å². The lowest BCUT2D eigenvalue weighted by Gasteiger charge is -2.47. The Kier molecular flexibility index (Phi) is 4.64. The summed E-state index contributed by atoms with van der Waals surface area (Å²) in [4.78, 5) is 4.96. The standard InChI is InChI=1S/C21H26N2O2/c1-2-22-12-13-23(17-7-9-18(24)10-8-17)20(15-22)21-19-6-4-3-5-16(19)11-14-25-21/h3-10,20-21,24H,2,11-15H2,1H3. The molecule has 2 unspecified atom stereocenters. The Morgan fingerprint density at radius 1 is 1.08 bits per heavy atom. The molecule has 2 aliphatic heterocycles. The Labute approximate surface area is 149 Å². The first-order chi connectivity index (χ1) is 12.3. The number of hydrogen-bond donors (Lipinski definition) is 1. The molecule has 1 N–H and O–H groups in total. The number of hydrogen-bond acceptors (Lipinski definition) is 4. The molecule has 25 heavy (non-hydrogen) atoms. The Balaban J connectivity index is 1.69. The van der Waals surface area contributed by atoms with Crippen LogP contribution in [0.1, 0.15) is 24.2 Å². The summed E-state index contributed by atoms with van der Waals surface area (Å²) in [7, 11) is 0. The monoisotopic (exact) mass is 338 g/mol. The number of rotatable bonds is 3. The van der Waals surface area contributed by atoms with Gasteiger partial charge >= 0.3 is 0 Å². The molecule has 4 rings (SSSR count). The second-order valence-electron chi connectivity index (χ2n) is 6.91. The minimum Gasteiger partial charge on any atom is -0.508 e. The van der Waals surface area contributed by atoms with E-state index in [1.165, 1.54) is 11.1 Å². The Morgan fingerprint density at radius 2 is 1.88 bits per heavy atom. The summed E-state index contributed by atoms with van der Waals surface area (Å²) in [5.41, 5.74) is 3.91. The highest BCUT2D eigenvalue weighted by Gasteiger charge is 2.36. The molecule has 0 saturated carbocycles. The molecule has 0 radical (unpaired) electrons.